The molecule has 1 aliphatic rings. The van der Waals surface area contributed by atoms with Gasteiger partial charge in [0, 0.05) is 18.8 Å². The van der Waals surface area contributed by atoms with Crippen molar-refractivity contribution in [2.24, 2.45) is 5.92 Å². The monoisotopic (exact) mass is 268 g/mol. The zero-order valence-corrected chi connectivity index (χ0v) is 11.0. The van der Waals surface area contributed by atoms with E-state index in [1.54, 1.807) is 23.1 Å². The van der Waals surface area contributed by atoms with Crippen molar-refractivity contribution >= 4 is 23.2 Å². The minimum absolute atomic E-state index is 0.147. The number of β-amino-alcohol motifs (C(OH)–C–C–N with tert-alkyl or cyclic N) is 1. The minimum atomic E-state index is -0.463. The number of hydrogen-bond acceptors (Lipinski definition) is 3. The van der Waals surface area contributed by atoms with Crippen LogP contribution in [-0.4, -0.2) is 35.1 Å². The van der Waals surface area contributed by atoms with Gasteiger partial charge in [-0.15, -0.1) is 0 Å². The van der Waals surface area contributed by atoms with Crippen LogP contribution in [0.15, 0.2) is 18.2 Å². The van der Waals surface area contributed by atoms with Crippen molar-refractivity contribution in [1.29, 1.82) is 0 Å². The molecule has 0 saturated carbocycles. The van der Waals surface area contributed by atoms with Crippen LogP contribution in [0, 0.1) is 5.92 Å². The Hall–Kier alpha value is -1.26. The quantitative estimate of drug-likeness (QED) is 0.763. The Kier molecular flexibility index (Phi) is 3.78. The maximum absolute atomic E-state index is 12.3. The summed E-state index contributed by atoms with van der Waals surface area (Å²) < 4.78 is 0. The first-order valence-corrected chi connectivity index (χ1v) is 6.39. The van der Waals surface area contributed by atoms with Crippen LogP contribution in [0.2, 0.25) is 5.02 Å². The van der Waals surface area contributed by atoms with Gasteiger partial charge in [-0.05, 0) is 30.5 Å². The highest BCUT2D eigenvalue weighted by molar-refractivity contribution is 6.34. The number of hydrogen-bond donors (Lipinski definition) is 2. The third kappa shape index (κ3) is 2.60. The Labute approximate surface area is 111 Å². The maximum Gasteiger partial charge on any atom is 0.255 e. The summed E-state index contributed by atoms with van der Waals surface area (Å²) in [4.78, 5) is 13.9. The second-order valence-corrected chi connectivity index (χ2v) is 5.23. The van der Waals surface area contributed by atoms with Crippen molar-refractivity contribution in [3.05, 3.63) is 28.8 Å². The Balaban J connectivity index is 2.16. The van der Waals surface area contributed by atoms with E-state index in [9.17, 15) is 9.90 Å². The third-order valence-electron chi connectivity index (χ3n) is 3.43. The summed E-state index contributed by atoms with van der Waals surface area (Å²) in [5, 5.41) is 10.2. The molecule has 1 amide bonds. The minimum Gasteiger partial charge on any atom is -0.399 e. The number of anilines is 1. The van der Waals surface area contributed by atoms with Gasteiger partial charge in [-0.2, -0.15) is 0 Å². The van der Waals surface area contributed by atoms with Crippen LogP contribution in [-0.2, 0) is 0 Å². The molecular weight excluding hydrogens is 252 g/mol. The highest BCUT2D eigenvalue weighted by Crippen LogP contribution is 2.24. The van der Waals surface area contributed by atoms with E-state index < -0.39 is 6.10 Å². The fourth-order valence-corrected chi connectivity index (χ4v) is 2.38. The lowest BCUT2D eigenvalue weighted by molar-refractivity contribution is 0.0249. The number of aliphatic hydroxyl groups excluding tert-OH is 1. The van der Waals surface area contributed by atoms with Gasteiger partial charge in [-0.3, -0.25) is 4.79 Å². The predicted molar refractivity (Wildman–Crippen MR) is 71.6 cm³/mol. The zero-order valence-electron chi connectivity index (χ0n) is 10.3. The first-order chi connectivity index (χ1) is 8.49. The molecule has 0 spiro atoms. The molecule has 1 fully saturated rings. The van der Waals surface area contributed by atoms with Gasteiger partial charge in [0.05, 0.1) is 16.7 Å². The van der Waals surface area contributed by atoms with Gasteiger partial charge < -0.3 is 15.7 Å². The van der Waals surface area contributed by atoms with Crippen LogP contribution in [0.5, 0.6) is 0 Å². The van der Waals surface area contributed by atoms with Crippen LogP contribution >= 0.6 is 11.6 Å². The number of aliphatic hydroxyl groups is 1. The summed E-state index contributed by atoms with van der Waals surface area (Å²) in [6, 6.07) is 4.85. The van der Waals surface area contributed by atoms with Crippen LogP contribution in [0.3, 0.4) is 0 Å². The zero-order chi connectivity index (χ0) is 13.3. The summed E-state index contributed by atoms with van der Waals surface area (Å²) in [5.74, 6) is 0.0851. The van der Waals surface area contributed by atoms with Crippen molar-refractivity contribution in [1.82, 2.24) is 4.90 Å². The summed E-state index contributed by atoms with van der Waals surface area (Å²) in [7, 11) is 0. The van der Waals surface area contributed by atoms with E-state index >= 15 is 0 Å². The topological polar surface area (TPSA) is 66.6 Å². The summed E-state index contributed by atoms with van der Waals surface area (Å²) in [6.07, 6.45) is 0.342. The van der Waals surface area contributed by atoms with Gasteiger partial charge in [0.25, 0.3) is 5.91 Å². The number of nitrogens with zero attached hydrogens (tertiary/aromatic N) is 1. The summed E-state index contributed by atoms with van der Waals surface area (Å²) in [6.45, 7) is 3.00. The van der Waals surface area contributed by atoms with Crippen LogP contribution in [0.1, 0.15) is 23.7 Å². The Morgan fingerprint density at radius 1 is 1.56 bits per heavy atom. The van der Waals surface area contributed by atoms with E-state index in [1.165, 1.54) is 0 Å². The number of nitrogen functional groups attached to an aromatic ring is 1. The molecule has 98 valence electrons. The highest BCUT2D eigenvalue weighted by Gasteiger charge is 2.28. The molecule has 0 radical (unpaired) electrons. The second-order valence-electron chi connectivity index (χ2n) is 4.82. The third-order valence-corrected chi connectivity index (χ3v) is 3.74. The van der Waals surface area contributed by atoms with Crippen molar-refractivity contribution in [2.75, 3.05) is 18.8 Å². The van der Waals surface area contributed by atoms with Crippen molar-refractivity contribution in [3.8, 4) is 0 Å². The summed E-state index contributed by atoms with van der Waals surface area (Å²) in [5.41, 5.74) is 6.57. The maximum atomic E-state index is 12.3. The van der Waals surface area contributed by atoms with E-state index in [0.29, 0.717) is 29.4 Å². The molecule has 0 aliphatic carbocycles. The Morgan fingerprint density at radius 3 is 2.89 bits per heavy atom. The average Bonchev–Trinajstić information content (AvgIpc) is 2.32. The molecule has 1 aliphatic heterocycles. The molecule has 1 saturated heterocycles. The van der Waals surface area contributed by atoms with E-state index in [4.69, 9.17) is 17.3 Å². The van der Waals surface area contributed by atoms with Crippen molar-refractivity contribution in [3.63, 3.8) is 0 Å². The lowest BCUT2D eigenvalue weighted by Crippen LogP contribution is -2.45. The molecule has 1 aromatic carbocycles. The van der Waals surface area contributed by atoms with E-state index in [1.807, 2.05) is 6.92 Å². The van der Waals surface area contributed by atoms with Crippen molar-refractivity contribution in [2.45, 2.75) is 19.4 Å². The van der Waals surface area contributed by atoms with Crippen molar-refractivity contribution < 1.29 is 9.90 Å². The van der Waals surface area contributed by atoms with Gasteiger partial charge in [0.2, 0.25) is 0 Å². The number of nitrogens with two attached hydrogens (primary N) is 1. The number of carbonyl (C=O) groups excluding carboxylic acids is 1. The fraction of sp³-hybridized carbons (Fsp3) is 0.462. The van der Waals surface area contributed by atoms with Crippen LogP contribution in [0.4, 0.5) is 5.69 Å². The number of rotatable bonds is 1. The molecule has 1 aromatic rings. The van der Waals surface area contributed by atoms with Gasteiger partial charge in [0.1, 0.15) is 0 Å². The van der Waals surface area contributed by atoms with Crippen LogP contribution < -0.4 is 5.73 Å². The van der Waals surface area contributed by atoms with Gasteiger partial charge in [0.15, 0.2) is 0 Å². The molecule has 0 aromatic heterocycles. The lowest BCUT2D eigenvalue weighted by Gasteiger charge is -2.34. The normalized spacial score (nSPS) is 24.1. The number of piperidine rings is 1. The van der Waals surface area contributed by atoms with E-state index in [0.717, 1.165) is 6.42 Å². The smallest absolute Gasteiger partial charge is 0.255 e. The predicted octanol–water partition coefficient (Wildman–Crippen LogP) is 1.77. The molecular formula is C13H17ClN2O2. The first-order valence-electron chi connectivity index (χ1n) is 6.01. The average molecular weight is 269 g/mol. The summed E-state index contributed by atoms with van der Waals surface area (Å²) >= 11 is 6.02. The second kappa shape index (κ2) is 5.16. The number of carbonyl (C=O) groups is 1. The molecule has 1 heterocycles. The Bertz CT molecular complexity index is 464. The molecule has 5 heteroatoms. The van der Waals surface area contributed by atoms with E-state index in [2.05, 4.69) is 0 Å². The standard InChI is InChI=1S/C13H17ClN2O2/c1-8-4-5-16(7-12(8)17)13(18)10-3-2-9(15)6-11(10)14/h2-3,6,8,12,17H,4-5,7,15H2,1H3. The number of amides is 1. The largest absolute Gasteiger partial charge is 0.399 e. The highest BCUT2D eigenvalue weighted by atomic mass is 35.5. The Morgan fingerprint density at radius 2 is 2.28 bits per heavy atom. The molecule has 0 bridgehead atoms. The van der Waals surface area contributed by atoms with E-state index in [-0.39, 0.29) is 11.8 Å². The first kappa shape index (κ1) is 13.2. The molecule has 2 unspecified atom stereocenters. The number of benzene rings is 1. The molecule has 4 nitrogen and oxygen atoms in total. The van der Waals surface area contributed by atoms with Gasteiger partial charge in [-0.1, -0.05) is 18.5 Å². The molecule has 18 heavy (non-hydrogen) atoms. The van der Waals surface area contributed by atoms with Crippen LogP contribution in [0.25, 0.3) is 0 Å². The lowest BCUT2D eigenvalue weighted by atomic mass is 9.95. The number of halogens is 1. The SMILES string of the molecule is CC1CCN(C(=O)c2ccc(N)cc2Cl)CC1O. The number of likely N-dealkylation sites (tertiary alicyclic amines) is 1. The van der Waals surface area contributed by atoms with Gasteiger partial charge >= 0.3 is 0 Å². The fourth-order valence-electron chi connectivity index (χ4n) is 2.11. The molecule has 3 N–H and O–H groups in total. The molecule has 2 rings (SSSR count). The van der Waals surface area contributed by atoms with Gasteiger partial charge in [-0.25, -0.2) is 0 Å². The molecule has 2 atom stereocenters.